The van der Waals surface area contributed by atoms with Gasteiger partial charge in [0.25, 0.3) is 17.5 Å². The molecule has 0 N–H and O–H groups in total. The maximum Gasteiger partial charge on any atom is 0.269 e. The molecule has 1 atom stereocenters. The quantitative estimate of drug-likeness (QED) is 0.287. The molecule has 5 rings (SSSR count). The third kappa shape index (κ3) is 6.24. The second-order valence-electron chi connectivity index (χ2n) is 9.49. The number of morpholine rings is 1. The smallest absolute Gasteiger partial charge is 0.269 e. The first kappa shape index (κ1) is 27.6. The van der Waals surface area contributed by atoms with Gasteiger partial charge in [0.05, 0.1) is 40.3 Å². The zero-order valence-corrected chi connectivity index (χ0v) is 22.5. The fourth-order valence-corrected chi connectivity index (χ4v) is 5.54. The van der Waals surface area contributed by atoms with Crippen molar-refractivity contribution in [2.75, 3.05) is 45.9 Å². The van der Waals surface area contributed by atoms with E-state index in [1.54, 1.807) is 18.2 Å². The molecule has 0 saturated carbocycles. The number of hydrogen-bond acceptors (Lipinski definition) is 8. The lowest BCUT2D eigenvalue weighted by molar-refractivity contribution is -0.385. The predicted molar refractivity (Wildman–Crippen MR) is 148 cm³/mol. The van der Waals surface area contributed by atoms with E-state index in [4.69, 9.17) is 4.74 Å². The van der Waals surface area contributed by atoms with Gasteiger partial charge >= 0.3 is 0 Å². The van der Waals surface area contributed by atoms with Gasteiger partial charge in [-0.25, -0.2) is 9.40 Å². The van der Waals surface area contributed by atoms with E-state index in [1.165, 1.54) is 51.6 Å². The summed E-state index contributed by atoms with van der Waals surface area (Å²) >= 11 is 1.48. The van der Waals surface area contributed by atoms with Gasteiger partial charge in [-0.05, 0) is 29.1 Å². The molecule has 2 amide bonds. The van der Waals surface area contributed by atoms with Crippen molar-refractivity contribution in [1.29, 1.82) is 0 Å². The average molecular weight is 566 g/mol. The minimum absolute atomic E-state index is 0.0867. The minimum atomic E-state index is -0.662. The SMILES string of the molecule is O=C(c1ccccc1F)N(CCN1CCOCC1)CC(=O)N1N=C(c2cccs2)C[C@H]1c1cccc([N+](=O)[O-])c1. The van der Waals surface area contributed by atoms with Crippen molar-refractivity contribution in [1.82, 2.24) is 14.8 Å². The molecule has 3 aromatic rings. The number of carbonyl (C=O) groups excluding carboxylic acids is 2. The number of ether oxygens (including phenoxy) is 1. The number of halogens is 1. The normalized spacial score (nSPS) is 17.5. The number of rotatable bonds is 9. The Hall–Kier alpha value is -4.00. The molecule has 40 heavy (non-hydrogen) atoms. The summed E-state index contributed by atoms with van der Waals surface area (Å²) in [5.74, 6) is -1.71. The summed E-state index contributed by atoms with van der Waals surface area (Å²) in [4.78, 5) is 42.6. The molecule has 0 aliphatic carbocycles. The topological polar surface area (TPSA) is 109 Å². The molecule has 12 heteroatoms. The Kier molecular flexibility index (Phi) is 8.58. The highest BCUT2D eigenvalue weighted by Crippen LogP contribution is 2.35. The minimum Gasteiger partial charge on any atom is -0.379 e. The van der Waals surface area contributed by atoms with Crippen molar-refractivity contribution < 1.29 is 23.6 Å². The molecular weight excluding hydrogens is 537 g/mol. The van der Waals surface area contributed by atoms with Gasteiger partial charge in [-0.1, -0.05) is 30.3 Å². The highest BCUT2D eigenvalue weighted by atomic mass is 32.1. The fourth-order valence-electron chi connectivity index (χ4n) is 4.82. The van der Waals surface area contributed by atoms with E-state index < -0.39 is 28.6 Å². The van der Waals surface area contributed by atoms with Crippen LogP contribution in [0.2, 0.25) is 0 Å². The van der Waals surface area contributed by atoms with Crippen molar-refractivity contribution >= 4 is 34.6 Å². The fraction of sp³-hybridized carbons (Fsp3) is 0.321. The average Bonchev–Trinajstić information content (AvgIpc) is 3.66. The van der Waals surface area contributed by atoms with Crippen LogP contribution in [0.25, 0.3) is 0 Å². The van der Waals surface area contributed by atoms with Crippen molar-refractivity contribution in [3.05, 3.63) is 98.0 Å². The zero-order valence-electron chi connectivity index (χ0n) is 21.6. The van der Waals surface area contributed by atoms with Crippen molar-refractivity contribution in [3.63, 3.8) is 0 Å². The summed E-state index contributed by atoms with van der Waals surface area (Å²) in [7, 11) is 0. The summed E-state index contributed by atoms with van der Waals surface area (Å²) < 4.78 is 20.0. The Morgan fingerprint density at radius 3 is 2.65 bits per heavy atom. The Morgan fingerprint density at radius 1 is 1.12 bits per heavy atom. The first-order chi connectivity index (χ1) is 19.4. The molecule has 1 fully saturated rings. The number of non-ortho nitro benzene ring substituents is 1. The van der Waals surface area contributed by atoms with Crippen molar-refractivity contribution in [2.45, 2.75) is 12.5 Å². The van der Waals surface area contributed by atoms with Crippen LogP contribution in [0.4, 0.5) is 10.1 Å². The Bertz CT molecular complexity index is 1410. The van der Waals surface area contributed by atoms with Crippen molar-refractivity contribution in [3.8, 4) is 0 Å². The second kappa shape index (κ2) is 12.5. The highest BCUT2D eigenvalue weighted by molar-refractivity contribution is 7.12. The number of thiophene rings is 1. The third-order valence-corrected chi connectivity index (χ3v) is 7.86. The molecule has 1 aromatic heterocycles. The van der Waals surface area contributed by atoms with Gasteiger partial charge in [-0.15, -0.1) is 11.3 Å². The third-order valence-electron chi connectivity index (χ3n) is 6.94. The van der Waals surface area contributed by atoms with E-state index in [-0.39, 0.29) is 24.3 Å². The molecule has 0 spiro atoms. The molecule has 208 valence electrons. The second-order valence-corrected chi connectivity index (χ2v) is 10.4. The molecule has 0 radical (unpaired) electrons. The van der Waals surface area contributed by atoms with Gasteiger partial charge in [0, 0.05) is 44.7 Å². The van der Waals surface area contributed by atoms with Gasteiger partial charge in [0.15, 0.2) is 0 Å². The number of nitro groups is 1. The summed E-state index contributed by atoms with van der Waals surface area (Å²) in [6.45, 7) is 2.93. The van der Waals surface area contributed by atoms with Crippen LogP contribution in [-0.2, 0) is 9.53 Å². The van der Waals surface area contributed by atoms with Crippen LogP contribution in [-0.4, -0.2) is 83.2 Å². The molecule has 10 nitrogen and oxygen atoms in total. The largest absolute Gasteiger partial charge is 0.379 e. The number of hydrogen-bond donors (Lipinski definition) is 0. The summed E-state index contributed by atoms with van der Waals surface area (Å²) in [6, 6.07) is 15.0. The number of benzene rings is 2. The summed E-state index contributed by atoms with van der Waals surface area (Å²) in [5.41, 5.74) is 1.05. The van der Waals surface area contributed by atoms with Crippen LogP contribution in [0.3, 0.4) is 0 Å². The molecule has 1 saturated heterocycles. The Labute approximate surface area is 234 Å². The van der Waals surface area contributed by atoms with Crippen LogP contribution >= 0.6 is 11.3 Å². The van der Waals surface area contributed by atoms with Crippen LogP contribution in [0, 0.1) is 15.9 Å². The van der Waals surface area contributed by atoms with E-state index in [0.717, 1.165) is 4.88 Å². The number of carbonyl (C=O) groups is 2. The molecule has 0 unspecified atom stereocenters. The first-order valence-electron chi connectivity index (χ1n) is 12.9. The summed E-state index contributed by atoms with van der Waals surface area (Å²) in [6.07, 6.45) is 0.364. The van der Waals surface area contributed by atoms with Crippen LogP contribution in [0.1, 0.15) is 33.3 Å². The van der Waals surface area contributed by atoms with Gasteiger partial charge in [-0.3, -0.25) is 24.6 Å². The predicted octanol–water partition coefficient (Wildman–Crippen LogP) is 3.95. The van der Waals surface area contributed by atoms with E-state index in [0.29, 0.717) is 50.5 Å². The van der Waals surface area contributed by atoms with E-state index in [9.17, 15) is 24.1 Å². The highest BCUT2D eigenvalue weighted by Gasteiger charge is 2.35. The van der Waals surface area contributed by atoms with Gasteiger partial charge in [0.2, 0.25) is 0 Å². The van der Waals surface area contributed by atoms with Crippen LogP contribution in [0.5, 0.6) is 0 Å². The molecule has 3 heterocycles. The summed E-state index contributed by atoms with van der Waals surface area (Å²) in [5, 5.41) is 19.3. The lowest BCUT2D eigenvalue weighted by atomic mass is 10.0. The number of nitrogens with zero attached hydrogens (tertiary/aromatic N) is 5. The zero-order chi connectivity index (χ0) is 28.1. The lowest BCUT2D eigenvalue weighted by Crippen LogP contribution is -2.46. The molecule has 0 bridgehead atoms. The van der Waals surface area contributed by atoms with E-state index >= 15 is 0 Å². The van der Waals surface area contributed by atoms with Crippen LogP contribution < -0.4 is 0 Å². The van der Waals surface area contributed by atoms with E-state index in [1.807, 2.05) is 17.5 Å². The monoisotopic (exact) mass is 565 g/mol. The number of hydrazone groups is 1. The first-order valence-corrected chi connectivity index (χ1v) is 13.8. The van der Waals surface area contributed by atoms with Crippen LogP contribution in [0.15, 0.2) is 71.1 Å². The molecular formula is C28H28FN5O5S. The molecule has 2 aliphatic heterocycles. The van der Waals surface area contributed by atoms with Crippen molar-refractivity contribution in [2.24, 2.45) is 5.10 Å². The Balaban J connectivity index is 1.42. The molecule has 2 aromatic carbocycles. The number of amides is 2. The lowest BCUT2D eigenvalue weighted by Gasteiger charge is -2.31. The number of nitro benzene ring substituents is 1. The van der Waals surface area contributed by atoms with Gasteiger partial charge in [-0.2, -0.15) is 5.10 Å². The van der Waals surface area contributed by atoms with Gasteiger partial charge in [0.1, 0.15) is 12.4 Å². The Morgan fingerprint density at radius 2 is 1.93 bits per heavy atom. The maximum atomic E-state index is 14.6. The standard InChI is InChI=1S/C28H28FN5O5S/c29-23-8-2-1-7-22(23)28(36)32(11-10-31-12-14-39-15-13-31)19-27(35)33-25(18-24(30-33)26-9-4-16-40-26)20-5-3-6-21(17-20)34(37)38/h1-9,16-17,25H,10-15,18-19H2/t25-/m0/s1. The maximum absolute atomic E-state index is 14.6. The van der Waals surface area contributed by atoms with E-state index in [2.05, 4.69) is 10.0 Å². The molecule has 2 aliphatic rings. The van der Waals surface area contributed by atoms with Gasteiger partial charge < -0.3 is 9.64 Å².